The summed E-state index contributed by atoms with van der Waals surface area (Å²) in [5.74, 6) is 0.822. The van der Waals surface area contributed by atoms with E-state index < -0.39 is 10.2 Å². The van der Waals surface area contributed by atoms with Crippen LogP contribution < -0.4 is 0 Å². The summed E-state index contributed by atoms with van der Waals surface area (Å²) in [7, 11) is -3.39. The fourth-order valence-corrected chi connectivity index (χ4v) is 6.42. The predicted octanol–water partition coefficient (Wildman–Crippen LogP) is 2.86. The van der Waals surface area contributed by atoms with Crippen LogP contribution in [-0.2, 0) is 16.6 Å². The highest BCUT2D eigenvalue weighted by Crippen LogP contribution is 2.36. The topological polar surface area (TPSA) is 40.6 Å². The van der Waals surface area contributed by atoms with Crippen LogP contribution in [0.1, 0.15) is 36.2 Å². The zero-order chi connectivity index (χ0) is 15.0. The smallest absolute Gasteiger partial charge is 0.195 e. The average molecular weight is 349 g/mol. The standard InChI is InChI=1S/C14H21ClN2O2S2/c1-11-13-5-8-20-14(13)4-7-17(11)21(18,19)16-6-2-3-12(9-15)10-16/h5,8,11-12H,2-4,6-7,9-10H2,1H3. The molecule has 7 heteroatoms. The zero-order valence-corrected chi connectivity index (χ0v) is 14.6. The first-order valence-electron chi connectivity index (χ1n) is 7.43. The van der Waals surface area contributed by atoms with Crippen molar-refractivity contribution in [1.82, 2.24) is 8.61 Å². The van der Waals surface area contributed by atoms with Gasteiger partial charge in [0.1, 0.15) is 0 Å². The van der Waals surface area contributed by atoms with Gasteiger partial charge in [-0.2, -0.15) is 17.0 Å². The first-order chi connectivity index (χ1) is 10.0. The van der Waals surface area contributed by atoms with Crippen molar-refractivity contribution in [2.45, 2.75) is 32.2 Å². The summed E-state index contributed by atoms with van der Waals surface area (Å²) in [5.41, 5.74) is 1.17. The van der Waals surface area contributed by atoms with Crippen molar-refractivity contribution in [3.8, 4) is 0 Å². The van der Waals surface area contributed by atoms with Crippen molar-refractivity contribution in [2.24, 2.45) is 5.92 Å². The molecule has 0 spiro atoms. The molecule has 0 aliphatic carbocycles. The molecule has 1 fully saturated rings. The molecule has 1 saturated heterocycles. The molecule has 2 aliphatic heterocycles. The van der Waals surface area contributed by atoms with E-state index in [0.717, 1.165) is 19.3 Å². The largest absolute Gasteiger partial charge is 0.282 e. The number of hydrogen-bond acceptors (Lipinski definition) is 3. The molecule has 0 amide bonds. The Kier molecular flexibility index (Phi) is 4.62. The minimum atomic E-state index is -3.39. The van der Waals surface area contributed by atoms with Crippen LogP contribution in [0.2, 0.25) is 0 Å². The van der Waals surface area contributed by atoms with Gasteiger partial charge in [0, 0.05) is 36.4 Å². The fraction of sp³-hybridized carbons (Fsp3) is 0.714. The molecule has 21 heavy (non-hydrogen) atoms. The van der Waals surface area contributed by atoms with Crippen LogP contribution in [0.3, 0.4) is 0 Å². The Labute approximate surface area is 135 Å². The van der Waals surface area contributed by atoms with Gasteiger partial charge in [-0.05, 0) is 49.1 Å². The molecule has 0 radical (unpaired) electrons. The van der Waals surface area contributed by atoms with Crippen molar-refractivity contribution in [2.75, 3.05) is 25.5 Å². The molecule has 1 aromatic rings. The van der Waals surface area contributed by atoms with E-state index in [1.807, 2.05) is 6.92 Å². The maximum absolute atomic E-state index is 13.0. The summed E-state index contributed by atoms with van der Waals surface area (Å²) in [5, 5.41) is 2.06. The number of nitrogens with zero attached hydrogens (tertiary/aromatic N) is 2. The number of piperidine rings is 1. The molecular formula is C14H21ClN2O2S2. The lowest BCUT2D eigenvalue weighted by Crippen LogP contribution is -2.50. The Hall–Kier alpha value is -0.140. The van der Waals surface area contributed by atoms with E-state index in [4.69, 9.17) is 11.6 Å². The highest BCUT2D eigenvalue weighted by Gasteiger charge is 2.38. The van der Waals surface area contributed by atoms with Crippen LogP contribution in [0.4, 0.5) is 0 Å². The van der Waals surface area contributed by atoms with E-state index in [1.165, 1.54) is 10.4 Å². The molecule has 1 aromatic heterocycles. The molecule has 0 aromatic carbocycles. The molecule has 0 saturated carbocycles. The second-order valence-electron chi connectivity index (χ2n) is 5.86. The Morgan fingerprint density at radius 3 is 3.00 bits per heavy atom. The monoisotopic (exact) mass is 348 g/mol. The van der Waals surface area contributed by atoms with Crippen LogP contribution in [0.25, 0.3) is 0 Å². The predicted molar refractivity (Wildman–Crippen MR) is 87.1 cm³/mol. The van der Waals surface area contributed by atoms with Crippen LogP contribution in [0.15, 0.2) is 11.4 Å². The minimum absolute atomic E-state index is 0.0682. The van der Waals surface area contributed by atoms with Crippen molar-refractivity contribution in [3.63, 3.8) is 0 Å². The lowest BCUT2D eigenvalue weighted by atomic mass is 10.0. The normalized spacial score (nSPS) is 28.5. The fourth-order valence-electron chi connectivity index (χ4n) is 3.31. The van der Waals surface area contributed by atoms with Crippen LogP contribution in [-0.4, -0.2) is 42.5 Å². The summed E-state index contributed by atoms with van der Waals surface area (Å²) in [6.07, 6.45) is 2.76. The number of fused-ring (bicyclic) bond motifs is 1. The summed E-state index contributed by atoms with van der Waals surface area (Å²) in [6, 6.07) is 1.99. The lowest BCUT2D eigenvalue weighted by molar-refractivity contribution is 0.241. The van der Waals surface area contributed by atoms with Gasteiger partial charge in [-0.25, -0.2) is 0 Å². The molecule has 2 atom stereocenters. The van der Waals surface area contributed by atoms with E-state index >= 15 is 0 Å². The van der Waals surface area contributed by atoms with E-state index in [2.05, 4.69) is 11.4 Å². The van der Waals surface area contributed by atoms with Gasteiger partial charge < -0.3 is 0 Å². The number of rotatable bonds is 3. The van der Waals surface area contributed by atoms with E-state index in [9.17, 15) is 8.42 Å². The summed E-state index contributed by atoms with van der Waals surface area (Å²) < 4.78 is 29.2. The molecule has 2 aliphatic rings. The molecule has 3 heterocycles. The Morgan fingerprint density at radius 2 is 2.24 bits per heavy atom. The zero-order valence-electron chi connectivity index (χ0n) is 12.2. The first kappa shape index (κ1) is 15.7. The molecule has 2 unspecified atom stereocenters. The maximum atomic E-state index is 13.0. The summed E-state index contributed by atoms with van der Waals surface area (Å²) in [4.78, 5) is 1.33. The van der Waals surface area contributed by atoms with Crippen molar-refractivity contribution < 1.29 is 8.42 Å². The van der Waals surface area contributed by atoms with Crippen LogP contribution in [0.5, 0.6) is 0 Å². The van der Waals surface area contributed by atoms with Gasteiger partial charge >= 0.3 is 0 Å². The van der Waals surface area contributed by atoms with Gasteiger partial charge in [-0.1, -0.05) is 0 Å². The van der Waals surface area contributed by atoms with Crippen molar-refractivity contribution in [3.05, 3.63) is 21.9 Å². The van der Waals surface area contributed by atoms with Gasteiger partial charge in [0.2, 0.25) is 0 Å². The third-order valence-electron chi connectivity index (χ3n) is 4.54. The SMILES string of the molecule is CC1c2ccsc2CCN1S(=O)(=O)N1CCCC(CCl)C1. The number of halogens is 1. The van der Waals surface area contributed by atoms with Gasteiger partial charge in [0.15, 0.2) is 0 Å². The molecular weight excluding hydrogens is 328 g/mol. The molecule has 4 nitrogen and oxygen atoms in total. The third kappa shape index (κ3) is 2.88. The number of thiophene rings is 1. The van der Waals surface area contributed by atoms with Gasteiger partial charge in [0.05, 0.1) is 0 Å². The van der Waals surface area contributed by atoms with E-state index in [-0.39, 0.29) is 12.0 Å². The molecule has 3 rings (SSSR count). The van der Waals surface area contributed by atoms with E-state index in [0.29, 0.717) is 25.5 Å². The van der Waals surface area contributed by atoms with Gasteiger partial charge in [-0.15, -0.1) is 22.9 Å². The second kappa shape index (κ2) is 6.16. The molecule has 0 N–H and O–H groups in total. The summed E-state index contributed by atoms with van der Waals surface area (Å²) >= 11 is 7.66. The Balaban J connectivity index is 1.82. The van der Waals surface area contributed by atoms with Crippen molar-refractivity contribution >= 4 is 33.1 Å². The van der Waals surface area contributed by atoms with Gasteiger partial charge in [-0.3, -0.25) is 0 Å². The van der Waals surface area contributed by atoms with E-state index in [1.54, 1.807) is 19.9 Å². The number of hydrogen-bond donors (Lipinski definition) is 0. The highest BCUT2D eigenvalue weighted by molar-refractivity contribution is 7.86. The highest BCUT2D eigenvalue weighted by atomic mass is 35.5. The molecule has 118 valence electrons. The Bertz CT molecular complexity index is 602. The maximum Gasteiger partial charge on any atom is 0.282 e. The van der Waals surface area contributed by atoms with Crippen LogP contribution in [0, 0.1) is 5.92 Å². The quantitative estimate of drug-likeness (QED) is 0.788. The molecule has 0 bridgehead atoms. The summed E-state index contributed by atoms with van der Waals surface area (Å²) in [6.45, 7) is 3.76. The van der Waals surface area contributed by atoms with Gasteiger partial charge in [0.25, 0.3) is 10.2 Å². The number of alkyl halides is 1. The average Bonchev–Trinajstić information content (AvgIpc) is 2.97. The second-order valence-corrected chi connectivity index (χ2v) is 9.05. The Morgan fingerprint density at radius 1 is 1.43 bits per heavy atom. The van der Waals surface area contributed by atoms with Crippen LogP contribution >= 0.6 is 22.9 Å². The van der Waals surface area contributed by atoms with Crippen molar-refractivity contribution in [1.29, 1.82) is 0 Å². The third-order valence-corrected chi connectivity index (χ3v) is 8.05. The minimum Gasteiger partial charge on any atom is -0.195 e. The first-order valence-corrected chi connectivity index (χ1v) is 10.2. The lowest BCUT2D eigenvalue weighted by Gasteiger charge is -2.39.